The van der Waals surface area contributed by atoms with Gasteiger partial charge in [0.2, 0.25) is 5.88 Å². The highest BCUT2D eigenvalue weighted by molar-refractivity contribution is 6.26. The summed E-state index contributed by atoms with van der Waals surface area (Å²) in [6, 6.07) is 17.7. The number of ether oxygens (including phenoxy) is 1. The molecular weight excluding hydrogens is 274 g/mol. The zero-order valence-electron chi connectivity index (χ0n) is 12.0. The van der Waals surface area contributed by atoms with Gasteiger partial charge in [0, 0.05) is 5.39 Å². The van der Waals surface area contributed by atoms with Gasteiger partial charge in [0.1, 0.15) is 0 Å². The summed E-state index contributed by atoms with van der Waals surface area (Å²) in [7, 11) is 0. The van der Waals surface area contributed by atoms with E-state index in [1.54, 1.807) is 0 Å². The molecule has 0 radical (unpaired) electrons. The third-order valence-electron chi connectivity index (χ3n) is 3.75. The molecule has 2 aromatic carbocycles. The van der Waals surface area contributed by atoms with Gasteiger partial charge in [-0.3, -0.25) is 0 Å². The molecule has 1 aliphatic rings. The van der Waals surface area contributed by atoms with Crippen molar-refractivity contribution in [3.63, 3.8) is 0 Å². The van der Waals surface area contributed by atoms with E-state index in [4.69, 9.17) is 4.74 Å². The minimum atomic E-state index is -0.349. The van der Waals surface area contributed by atoms with Gasteiger partial charge in [-0.05, 0) is 36.8 Å². The minimum Gasteiger partial charge on any atom is -0.403 e. The van der Waals surface area contributed by atoms with Crippen molar-refractivity contribution in [1.29, 1.82) is 0 Å². The Hall–Kier alpha value is -2.94. The van der Waals surface area contributed by atoms with Crippen molar-refractivity contribution in [2.24, 2.45) is 0 Å². The SMILES string of the molecule is Cc1ccc2nc3c(cc2c1)C(=Cc1ccccc1)C(=O)O3. The van der Waals surface area contributed by atoms with Crippen LogP contribution in [0, 0.1) is 6.92 Å². The van der Waals surface area contributed by atoms with Crippen molar-refractivity contribution < 1.29 is 9.53 Å². The summed E-state index contributed by atoms with van der Waals surface area (Å²) in [6.45, 7) is 2.04. The number of carbonyl (C=O) groups excluding carboxylic acids is 1. The van der Waals surface area contributed by atoms with Crippen LogP contribution < -0.4 is 4.74 Å². The van der Waals surface area contributed by atoms with Gasteiger partial charge in [-0.25, -0.2) is 9.78 Å². The number of fused-ring (bicyclic) bond motifs is 2. The predicted octanol–water partition coefficient (Wildman–Crippen LogP) is 4.00. The van der Waals surface area contributed by atoms with Gasteiger partial charge in [0.05, 0.1) is 16.7 Å². The second kappa shape index (κ2) is 4.81. The summed E-state index contributed by atoms with van der Waals surface area (Å²) in [5.41, 5.74) is 4.27. The lowest BCUT2D eigenvalue weighted by atomic mass is 10.0. The molecule has 22 heavy (non-hydrogen) atoms. The molecular formula is C19H13NO2. The molecule has 0 spiro atoms. The maximum absolute atomic E-state index is 12.2. The quantitative estimate of drug-likeness (QED) is 0.501. The van der Waals surface area contributed by atoms with Crippen LogP contribution in [-0.4, -0.2) is 11.0 Å². The number of nitrogens with zero attached hydrogens (tertiary/aromatic N) is 1. The van der Waals surface area contributed by atoms with Crippen LogP contribution in [0.3, 0.4) is 0 Å². The molecule has 4 rings (SSSR count). The Bertz CT molecular complexity index is 927. The Morgan fingerprint density at radius 1 is 1.05 bits per heavy atom. The van der Waals surface area contributed by atoms with E-state index in [1.165, 1.54) is 0 Å². The van der Waals surface area contributed by atoms with Crippen molar-refractivity contribution in [2.75, 3.05) is 0 Å². The largest absolute Gasteiger partial charge is 0.403 e. The highest BCUT2D eigenvalue weighted by Crippen LogP contribution is 2.36. The monoisotopic (exact) mass is 287 g/mol. The van der Waals surface area contributed by atoms with E-state index in [9.17, 15) is 4.79 Å². The van der Waals surface area contributed by atoms with Crippen LogP contribution in [0.15, 0.2) is 54.6 Å². The van der Waals surface area contributed by atoms with Crippen LogP contribution in [0.25, 0.3) is 22.6 Å². The molecule has 3 heteroatoms. The molecule has 106 valence electrons. The lowest BCUT2D eigenvalue weighted by molar-refractivity contribution is -0.127. The molecule has 0 saturated carbocycles. The zero-order valence-corrected chi connectivity index (χ0v) is 12.0. The van der Waals surface area contributed by atoms with E-state index in [1.807, 2.05) is 61.5 Å². The molecule has 0 N–H and O–H groups in total. The number of hydrogen-bond acceptors (Lipinski definition) is 3. The van der Waals surface area contributed by atoms with Gasteiger partial charge in [-0.1, -0.05) is 42.0 Å². The fourth-order valence-electron chi connectivity index (χ4n) is 2.65. The maximum Gasteiger partial charge on any atom is 0.345 e. The number of hydrogen-bond donors (Lipinski definition) is 0. The summed E-state index contributed by atoms with van der Waals surface area (Å²) in [5, 5.41) is 1.01. The Morgan fingerprint density at radius 2 is 1.86 bits per heavy atom. The molecule has 0 saturated heterocycles. The Kier molecular flexibility index (Phi) is 2.79. The first-order chi connectivity index (χ1) is 10.7. The first kappa shape index (κ1) is 12.8. The Labute approximate surface area is 127 Å². The van der Waals surface area contributed by atoms with Gasteiger partial charge in [0.25, 0.3) is 0 Å². The molecule has 3 aromatic rings. The van der Waals surface area contributed by atoms with Gasteiger partial charge in [-0.15, -0.1) is 0 Å². The van der Waals surface area contributed by atoms with E-state index in [0.29, 0.717) is 11.5 Å². The van der Waals surface area contributed by atoms with Crippen molar-refractivity contribution >= 4 is 28.5 Å². The smallest absolute Gasteiger partial charge is 0.345 e. The highest BCUT2D eigenvalue weighted by Gasteiger charge is 2.28. The fraction of sp³-hybridized carbons (Fsp3) is 0.0526. The van der Waals surface area contributed by atoms with Crippen LogP contribution in [0.4, 0.5) is 0 Å². The number of esters is 1. The summed E-state index contributed by atoms with van der Waals surface area (Å²) in [4.78, 5) is 16.6. The van der Waals surface area contributed by atoms with Gasteiger partial charge >= 0.3 is 5.97 Å². The first-order valence-corrected chi connectivity index (χ1v) is 7.11. The van der Waals surface area contributed by atoms with Crippen molar-refractivity contribution in [3.8, 4) is 5.88 Å². The van der Waals surface area contributed by atoms with Crippen LogP contribution >= 0.6 is 0 Å². The molecule has 0 amide bonds. The standard InChI is InChI=1S/C19H13NO2/c1-12-7-8-17-14(9-12)11-15-16(19(21)22-18(15)20-17)10-13-5-3-2-4-6-13/h2-11H,1H3. The summed E-state index contributed by atoms with van der Waals surface area (Å²) >= 11 is 0. The molecule has 0 bridgehead atoms. The van der Waals surface area contributed by atoms with Crippen LogP contribution in [0.2, 0.25) is 0 Å². The number of rotatable bonds is 1. The van der Waals surface area contributed by atoms with E-state index in [2.05, 4.69) is 11.1 Å². The van der Waals surface area contributed by atoms with E-state index in [0.717, 1.165) is 27.6 Å². The number of carbonyl (C=O) groups is 1. The molecule has 3 nitrogen and oxygen atoms in total. The molecule has 1 aliphatic heterocycles. The number of aryl methyl sites for hydroxylation is 1. The van der Waals surface area contributed by atoms with E-state index < -0.39 is 0 Å². The van der Waals surface area contributed by atoms with Crippen molar-refractivity contribution in [1.82, 2.24) is 4.98 Å². The third-order valence-corrected chi connectivity index (χ3v) is 3.75. The number of aromatic nitrogens is 1. The van der Waals surface area contributed by atoms with Crippen molar-refractivity contribution in [2.45, 2.75) is 6.92 Å². The average Bonchev–Trinajstić information content (AvgIpc) is 2.81. The normalized spacial score (nSPS) is 15.1. The topological polar surface area (TPSA) is 39.2 Å². The van der Waals surface area contributed by atoms with Crippen LogP contribution in [0.5, 0.6) is 5.88 Å². The molecule has 0 aliphatic carbocycles. The predicted molar refractivity (Wildman–Crippen MR) is 86.4 cm³/mol. The minimum absolute atomic E-state index is 0.349. The first-order valence-electron chi connectivity index (χ1n) is 7.11. The molecule has 0 unspecified atom stereocenters. The maximum atomic E-state index is 12.2. The van der Waals surface area contributed by atoms with Crippen molar-refractivity contribution in [3.05, 3.63) is 71.3 Å². The molecule has 0 fully saturated rings. The summed E-state index contributed by atoms with van der Waals surface area (Å²) in [6.07, 6.45) is 1.84. The van der Waals surface area contributed by atoms with Crippen LogP contribution in [-0.2, 0) is 4.79 Å². The highest BCUT2D eigenvalue weighted by atomic mass is 16.5. The number of benzene rings is 2. The summed E-state index contributed by atoms with van der Waals surface area (Å²) in [5.74, 6) is 0.0434. The second-order valence-corrected chi connectivity index (χ2v) is 5.40. The third kappa shape index (κ3) is 2.07. The van der Waals surface area contributed by atoms with E-state index >= 15 is 0 Å². The van der Waals surface area contributed by atoms with Gasteiger partial charge < -0.3 is 4.74 Å². The Morgan fingerprint density at radius 3 is 2.68 bits per heavy atom. The molecule has 0 atom stereocenters. The lowest BCUT2D eigenvalue weighted by Gasteiger charge is -2.02. The van der Waals surface area contributed by atoms with Gasteiger partial charge in [0.15, 0.2) is 0 Å². The average molecular weight is 287 g/mol. The molecule has 2 heterocycles. The Balaban J connectivity index is 1.91. The number of pyridine rings is 1. The lowest BCUT2D eigenvalue weighted by Crippen LogP contribution is -2.00. The van der Waals surface area contributed by atoms with Gasteiger partial charge in [-0.2, -0.15) is 0 Å². The fourth-order valence-corrected chi connectivity index (χ4v) is 2.65. The molecule has 1 aromatic heterocycles. The van der Waals surface area contributed by atoms with E-state index in [-0.39, 0.29) is 5.97 Å². The second-order valence-electron chi connectivity index (χ2n) is 5.40. The zero-order chi connectivity index (χ0) is 15.1. The van der Waals surface area contributed by atoms with Crippen LogP contribution in [0.1, 0.15) is 16.7 Å². The summed E-state index contributed by atoms with van der Waals surface area (Å²) < 4.78 is 5.31.